The first-order valence-corrected chi connectivity index (χ1v) is 14.8. The first kappa shape index (κ1) is 34.5. The van der Waals surface area contributed by atoms with E-state index in [2.05, 4.69) is 16.0 Å². The van der Waals surface area contributed by atoms with Crippen LogP contribution in [0.15, 0.2) is 30.3 Å². The molecule has 1 aliphatic rings. The van der Waals surface area contributed by atoms with Crippen molar-refractivity contribution in [2.75, 3.05) is 32.1 Å². The summed E-state index contributed by atoms with van der Waals surface area (Å²) < 4.78 is 0. The molecule has 14 nitrogen and oxygen atoms in total. The summed E-state index contributed by atoms with van der Waals surface area (Å²) >= 11 is 0. The molecule has 0 saturated heterocycles. The van der Waals surface area contributed by atoms with Crippen LogP contribution in [0.25, 0.3) is 10.8 Å². The molecule has 5 amide bonds. The van der Waals surface area contributed by atoms with Crippen molar-refractivity contribution < 1.29 is 43.8 Å². The SMILES string of the molecule is CCCC(=O)N[C@H](CCN1C(=O)c2cccc3c(N(C)C)ccc(c23)C1=O)C(=O)NCC[C@@H](NC(=O)CCCC(=O)O)C(=O)O. The van der Waals surface area contributed by atoms with E-state index < -0.39 is 53.6 Å². The molecule has 45 heavy (non-hydrogen) atoms. The fourth-order valence-electron chi connectivity index (χ4n) is 5.13. The molecule has 2 aromatic rings. The molecule has 0 spiro atoms. The second kappa shape index (κ2) is 15.6. The third-order valence-corrected chi connectivity index (χ3v) is 7.38. The lowest BCUT2D eigenvalue weighted by atomic mass is 9.92. The van der Waals surface area contributed by atoms with E-state index in [1.165, 1.54) is 0 Å². The van der Waals surface area contributed by atoms with Crippen molar-refractivity contribution in [3.8, 4) is 0 Å². The molecule has 1 heterocycles. The average Bonchev–Trinajstić information content (AvgIpc) is 2.97. The normalized spacial score (nSPS) is 13.6. The molecule has 0 bridgehead atoms. The monoisotopic (exact) mass is 625 g/mol. The van der Waals surface area contributed by atoms with Gasteiger partial charge in [-0.1, -0.05) is 19.1 Å². The number of carboxylic acid groups (broad SMARTS) is 2. The minimum absolute atomic E-state index is 0.0449. The molecule has 14 heteroatoms. The third kappa shape index (κ3) is 8.77. The molecule has 2 atom stereocenters. The Morgan fingerprint density at radius 3 is 2.11 bits per heavy atom. The van der Waals surface area contributed by atoms with Gasteiger partial charge in [-0.05, 0) is 43.9 Å². The molecule has 3 rings (SSSR count). The highest BCUT2D eigenvalue weighted by molar-refractivity contribution is 6.26. The Kier molecular flexibility index (Phi) is 12.0. The van der Waals surface area contributed by atoms with E-state index >= 15 is 0 Å². The fourth-order valence-corrected chi connectivity index (χ4v) is 5.13. The van der Waals surface area contributed by atoms with E-state index in [0.29, 0.717) is 22.9 Å². The van der Waals surface area contributed by atoms with Crippen LogP contribution in [0.2, 0.25) is 0 Å². The molecule has 242 valence electrons. The number of nitrogens with one attached hydrogen (secondary N) is 3. The van der Waals surface area contributed by atoms with E-state index in [1.807, 2.05) is 25.1 Å². The lowest BCUT2D eigenvalue weighted by Crippen LogP contribution is -2.50. The topological polar surface area (TPSA) is 203 Å². The van der Waals surface area contributed by atoms with Crippen LogP contribution in [0, 0.1) is 0 Å². The standard InChI is InChI=1S/C31H39N5O9/c1-4-7-24(37)33-21(28(41)32-16-14-22(31(44)45)34-25(38)10-6-11-26(39)40)15-17-36-29(42)19-9-5-8-18-23(35(2)3)13-12-20(27(18)19)30(36)43/h5,8-9,12-13,21-22H,4,6-7,10-11,14-17H2,1-3H3,(H,32,41)(H,33,37)(H,34,38)(H,39,40)(H,44,45)/t21-,22-/m1/s1. The van der Waals surface area contributed by atoms with E-state index in [9.17, 15) is 38.7 Å². The number of imide groups is 1. The number of carboxylic acids is 2. The lowest BCUT2D eigenvalue weighted by Gasteiger charge is -2.29. The Bertz CT molecular complexity index is 1470. The summed E-state index contributed by atoms with van der Waals surface area (Å²) in [7, 11) is 3.73. The summed E-state index contributed by atoms with van der Waals surface area (Å²) in [5.74, 6) is -5.13. The molecule has 0 radical (unpaired) electrons. The number of carbonyl (C=O) groups is 7. The number of hydrogen-bond acceptors (Lipinski definition) is 8. The Hall–Kier alpha value is -5.01. The van der Waals surface area contributed by atoms with Crippen molar-refractivity contribution >= 4 is 57.9 Å². The zero-order valence-corrected chi connectivity index (χ0v) is 25.6. The van der Waals surface area contributed by atoms with E-state index in [1.54, 1.807) is 31.2 Å². The van der Waals surface area contributed by atoms with Gasteiger partial charge < -0.3 is 31.1 Å². The largest absolute Gasteiger partial charge is 0.481 e. The van der Waals surface area contributed by atoms with Crippen LogP contribution in [0.1, 0.15) is 72.6 Å². The van der Waals surface area contributed by atoms with Crippen LogP contribution >= 0.6 is 0 Å². The fraction of sp³-hybridized carbons (Fsp3) is 0.452. The Balaban J connectivity index is 1.69. The van der Waals surface area contributed by atoms with Gasteiger partial charge in [0.2, 0.25) is 17.7 Å². The number of nitrogens with zero attached hydrogens (tertiary/aromatic N) is 2. The second-order valence-corrected chi connectivity index (χ2v) is 11.0. The van der Waals surface area contributed by atoms with Crippen molar-refractivity contribution in [3.05, 3.63) is 41.5 Å². The minimum Gasteiger partial charge on any atom is -0.481 e. The highest BCUT2D eigenvalue weighted by Crippen LogP contribution is 2.35. The van der Waals surface area contributed by atoms with Crippen LogP contribution in [-0.4, -0.2) is 95.9 Å². The number of benzene rings is 2. The minimum atomic E-state index is -1.34. The summed E-state index contributed by atoms with van der Waals surface area (Å²) in [4.78, 5) is 89.8. The van der Waals surface area contributed by atoms with Gasteiger partial charge in [0.25, 0.3) is 11.8 Å². The molecule has 5 N–H and O–H groups in total. The van der Waals surface area contributed by atoms with Crippen LogP contribution in [0.4, 0.5) is 5.69 Å². The Labute approximate surface area is 260 Å². The van der Waals surface area contributed by atoms with E-state index in [-0.39, 0.29) is 51.6 Å². The smallest absolute Gasteiger partial charge is 0.326 e. The summed E-state index contributed by atoms with van der Waals surface area (Å²) in [5.41, 5.74) is 1.56. The maximum Gasteiger partial charge on any atom is 0.326 e. The van der Waals surface area contributed by atoms with Crippen LogP contribution in [0.3, 0.4) is 0 Å². The van der Waals surface area contributed by atoms with Crippen molar-refractivity contribution in [1.82, 2.24) is 20.9 Å². The lowest BCUT2D eigenvalue weighted by molar-refractivity contribution is -0.142. The van der Waals surface area contributed by atoms with Gasteiger partial charge in [0.15, 0.2) is 0 Å². The van der Waals surface area contributed by atoms with Crippen LogP contribution < -0.4 is 20.9 Å². The third-order valence-electron chi connectivity index (χ3n) is 7.38. The number of amides is 5. The molecule has 0 aromatic heterocycles. The summed E-state index contributed by atoms with van der Waals surface area (Å²) in [6.45, 7) is 1.45. The predicted octanol–water partition coefficient (Wildman–Crippen LogP) is 1.51. The second-order valence-electron chi connectivity index (χ2n) is 11.0. The van der Waals surface area contributed by atoms with Crippen molar-refractivity contribution in [1.29, 1.82) is 0 Å². The quantitative estimate of drug-likeness (QED) is 0.160. The number of rotatable bonds is 17. The van der Waals surface area contributed by atoms with Crippen LogP contribution in [-0.2, 0) is 24.0 Å². The summed E-state index contributed by atoms with van der Waals surface area (Å²) in [5, 5.41) is 27.0. The molecular weight excluding hydrogens is 586 g/mol. The summed E-state index contributed by atoms with van der Waals surface area (Å²) in [6.07, 6.45) is 0.0274. The van der Waals surface area contributed by atoms with Crippen molar-refractivity contribution in [3.63, 3.8) is 0 Å². The Morgan fingerprint density at radius 2 is 1.49 bits per heavy atom. The van der Waals surface area contributed by atoms with Gasteiger partial charge in [-0.15, -0.1) is 0 Å². The predicted molar refractivity (Wildman–Crippen MR) is 164 cm³/mol. The van der Waals surface area contributed by atoms with Gasteiger partial charge in [-0.2, -0.15) is 0 Å². The Morgan fingerprint density at radius 1 is 0.844 bits per heavy atom. The van der Waals surface area contributed by atoms with Gasteiger partial charge in [0, 0.05) is 74.0 Å². The van der Waals surface area contributed by atoms with Crippen molar-refractivity contribution in [2.24, 2.45) is 0 Å². The molecule has 0 fully saturated rings. The number of hydrogen-bond donors (Lipinski definition) is 5. The number of anilines is 1. The van der Waals surface area contributed by atoms with E-state index in [4.69, 9.17) is 5.11 Å². The molecule has 0 unspecified atom stereocenters. The highest BCUT2D eigenvalue weighted by Gasteiger charge is 2.34. The average molecular weight is 626 g/mol. The molecule has 2 aromatic carbocycles. The zero-order chi connectivity index (χ0) is 33.3. The molecule has 1 aliphatic heterocycles. The zero-order valence-electron chi connectivity index (χ0n) is 25.6. The first-order valence-electron chi connectivity index (χ1n) is 14.8. The molecule has 0 aliphatic carbocycles. The van der Waals surface area contributed by atoms with Crippen molar-refractivity contribution in [2.45, 2.75) is 64.0 Å². The maximum absolute atomic E-state index is 13.5. The van der Waals surface area contributed by atoms with Gasteiger partial charge in [0.1, 0.15) is 12.1 Å². The van der Waals surface area contributed by atoms with Gasteiger partial charge in [-0.3, -0.25) is 33.7 Å². The molecule has 0 saturated carbocycles. The highest BCUT2D eigenvalue weighted by atomic mass is 16.4. The van der Waals surface area contributed by atoms with Crippen LogP contribution in [0.5, 0.6) is 0 Å². The van der Waals surface area contributed by atoms with E-state index in [0.717, 1.165) is 16.0 Å². The van der Waals surface area contributed by atoms with Gasteiger partial charge in [-0.25, -0.2) is 4.79 Å². The number of carbonyl (C=O) groups excluding carboxylic acids is 5. The summed E-state index contributed by atoms with van der Waals surface area (Å²) in [6, 6.07) is 6.23. The first-order chi connectivity index (χ1) is 21.3. The van der Waals surface area contributed by atoms with Gasteiger partial charge >= 0.3 is 11.9 Å². The number of aliphatic carboxylic acids is 2. The van der Waals surface area contributed by atoms with Gasteiger partial charge in [0.05, 0.1) is 0 Å². The maximum atomic E-state index is 13.5. The molecular formula is C31H39N5O9.